The molecule has 0 saturated carbocycles. The zero-order valence-electron chi connectivity index (χ0n) is 21.2. The minimum Gasteiger partial charge on any atom is -0.496 e. The van der Waals surface area contributed by atoms with Gasteiger partial charge in [-0.1, -0.05) is 57.0 Å². The first-order valence-corrected chi connectivity index (χ1v) is 14.0. The average Bonchev–Trinajstić information content (AvgIpc) is 2.96. The van der Waals surface area contributed by atoms with E-state index in [9.17, 15) is 18.0 Å². The average molecular weight is 517 g/mol. The molecular formula is C27H36N2O6S. The molecule has 36 heavy (non-hydrogen) atoms. The van der Waals surface area contributed by atoms with Crippen molar-refractivity contribution in [2.75, 3.05) is 19.4 Å². The van der Waals surface area contributed by atoms with Crippen LogP contribution in [0.1, 0.15) is 68.7 Å². The summed E-state index contributed by atoms with van der Waals surface area (Å²) < 4.78 is 33.3. The Morgan fingerprint density at radius 1 is 1.19 bits per heavy atom. The van der Waals surface area contributed by atoms with E-state index in [-0.39, 0.29) is 29.5 Å². The Labute approximate surface area is 213 Å². The molecule has 2 aromatic carbocycles. The number of hydrogen-bond acceptors (Lipinski definition) is 6. The van der Waals surface area contributed by atoms with Crippen LogP contribution < -0.4 is 15.4 Å². The molecule has 1 aliphatic heterocycles. The summed E-state index contributed by atoms with van der Waals surface area (Å²) in [4.78, 5) is 23.1. The number of aliphatic carboxylic acids is 1. The number of rotatable bonds is 11. The summed E-state index contributed by atoms with van der Waals surface area (Å²) in [6.07, 6.45) is 3.51. The number of carboxylic acid groups (broad SMARTS) is 1. The van der Waals surface area contributed by atoms with Gasteiger partial charge in [-0.15, -0.1) is 0 Å². The minimum atomic E-state index is -3.67. The summed E-state index contributed by atoms with van der Waals surface area (Å²) in [6.45, 7) is 3.66. The normalized spacial score (nSPS) is 20.7. The first kappa shape index (κ1) is 27.7. The maximum atomic E-state index is 13.8. The highest BCUT2D eigenvalue weighted by molar-refractivity contribution is 7.91. The van der Waals surface area contributed by atoms with Crippen LogP contribution in [0.5, 0.6) is 5.75 Å². The van der Waals surface area contributed by atoms with Crippen molar-refractivity contribution in [3.05, 3.63) is 59.2 Å². The second kappa shape index (κ2) is 11.9. The number of ether oxygens (including phenoxy) is 1. The number of amides is 1. The Morgan fingerprint density at radius 3 is 2.53 bits per heavy atom. The second-order valence-electron chi connectivity index (χ2n) is 9.36. The molecule has 0 aromatic heterocycles. The molecule has 2 aromatic rings. The molecular weight excluding hydrogens is 480 g/mol. The summed E-state index contributed by atoms with van der Waals surface area (Å²) in [7, 11) is -2.16. The highest BCUT2D eigenvalue weighted by atomic mass is 32.2. The van der Waals surface area contributed by atoms with E-state index in [1.807, 2.05) is 37.3 Å². The van der Waals surface area contributed by atoms with Gasteiger partial charge in [0, 0.05) is 12.0 Å². The van der Waals surface area contributed by atoms with Gasteiger partial charge >= 0.3 is 5.97 Å². The number of sulfone groups is 1. The number of carbonyl (C=O) groups excluding carboxylic acids is 1. The van der Waals surface area contributed by atoms with Gasteiger partial charge in [0.25, 0.3) is 0 Å². The van der Waals surface area contributed by atoms with Crippen LogP contribution in [0.25, 0.3) is 0 Å². The molecule has 2 atom stereocenters. The fourth-order valence-corrected chi connectivity index (χ4v) is 7.00. The van der Waals surface area contributed by atoms with E-state index in [0.29, 0.717) is 23.3 Å². The van der Waals surface area contributed by atoms with Crippen LogP contribution in [0.4, 0.5) is 0 Å². The molecule has 196 valence electrons. The monoisotopic (exact) mass is 516 g/mol. The molecule has 0 spiro atoms. The SMILES string of the molecule is CCCCC1(CC)CS(=O)(=O)c2cc(CCC(=O)NCC(=O)O)c(OC)cc2C(c2ccccc2)N1. The molecule has 0 aliphatic carbocycles. The van der Waals surface area contributed by atoms with Crippen molar-refractivity contribution < 1.29 is 27.9 Å². The lowest BCUT2D eigenvalue weighted by Crippen LogP contribution is -2.50. The number of nitrogens with one attached hydrogen (secondary N) is 2. The van der Waals surface area contributed by atoms with Crippen molar-refractivity contribution in [3.63, 3.8) is 0 Å². The molecule has 1 heterocycles. The Kier molecular flexibility index (Phi) is 9.13. The van der Waals surface area contributed by atoms with Gasteiger partial charge in [-0.3, -0.25) is 14.9 Å². The highest BCUT2D eigenvalue weighted by Crippen LogP contribution is 2.41. The van der Waals surface area contributed by atoms with Crippen LogP contribution in [-0.2, 0) is 25.8 Å². The van der Waals surface area contributed by atoms with E-state index in [2.05, 4.69) is 17.6 Å². The van der Waals surface area contributed by atoms with Gasteiger partial charge in [-0.05, 0) is 48.1 Å². The molecule has 9 heteroatoms. The maximum absolute atomic E-state index is 13.8. The van der Waals surface area contributed by atoms with Gasteiger partial charge in [-0.2, -0.15) is 0 Å². The van der Waals surface area contributed by atoms with Gasteiger partial charge in [0.15, 0.2) is 9.84 Å². The zero-order chi connectivity index (χ0) is 26.3. The highest BCUT2D eigenvalue weighted by Gasteiger charge is 2.42. The van der Waals surface area contributed by atoms with Crippen LogP contribution in [-0.4, -0.2) is 50.3 Å². The molecule has 3 N–H and O–H groups in total. The lowest BCUT2D eigenvalue weighted by molar-refractivity contribution is -0.137. The van der Waals surface area contributed by atoms with Gasteiger partial charge < -0.3 is 15.2 Å². The number of carboxylic acids is 1. The maximum Gasteiger partial charge on any atom is 0.322 e. The van der Waals surface area contributed by atoms with Crippen molar-refractivity contribution in [1.29, 1.82) is 0 Å². The molecule has 1 amide bonds. The Hall–Kier alpha value is -2.91. The molecule has 8 nitrogen and oxygen atoms in total. The van der Waals surface area contributed by atoms with Gasteiger partial charge in [0.05, 0.1) is 23.8 Å². The Balaban J connectivity index is 2.09. The molecule has 1 aliphatic rings. The summed E-state index contributed by atoms with van der Waals surface area (Å²) in [5.41, 5.74) is 1.60. The van der Waals surface area contributed by atoms with Crippen molar-refractivity contribution >= 4 is 21.7 Å². The third kappa shape index (κ3) is 6.44. The Bertz CT molecular complexity index is 1180. The largest absolute Gasteiger partial charge is 0.496 e. The molecule has 3 rings (SSSR count). The number of benzene rings is 2. The molecule has 0 fully saturated rings. The van der Waals surface area contributed by atoms with E-state index in [4.69, 9.17) is 9.84 Å². The third-order valence-corrected chi connectivity index (χ3v) is 8.81. The number of carbonyl (C=O) groups is 2. The van der Waals surface area contributed by atoms with Crippen molar-refractivity contribution in [2.24, 2.45) is 0 Å². The number of methoxy groups -OCH3 is 1. The van der Waals surface area contributed by atoms with E-state index in [1.165, 1.54) is 7.11 Å². The number of fused-ring (bicyclic) bond motifs is 1. The van der Waals surface area contributed by atoms with Crippen molar-refractivity contribution in [2.45, 2.75) is 68.8 Å². The predicted octanol–water partition coefficient (Wildman–Crippen LogP) is 3.63. The molecule has 0 saturated heterocycles. The summed E-state index contributed by atoms with van der Waals surface area (Å²) in [6, 6.07) is 12.9. The van der Waals surface area contributed by atoms with Gasteiger partial charge in [0.1, 0.15) is 12.3 Å². The second-order valence-corrected chi connectivity index (χ2v) is 11.3. The van der Waals surface area contributed by atoms with E-state index in [1.54, 1.807) is 12.1 Å². The van der Waals surface area contributed by atoms with E-state index < -0.39 is 33.8 Å². The first-order valence-electron chi connectivity index (χ1n) is 12.4. The fraction of sp³-hybridized carbons (Fsp3) is 0.481. The summed E-state index contributed by atoms with van der Waals surface area (Å²) in [5, 5.41) is 14.8. The van der Waals surface area contributed by atoms with Gasteiger partial charge in [-0.25, -0.2) is 8.42 Å². The van der Waals surface area contributed by atoms with Crippen LogP contribution in [0.15, 0.2) is 47.4 Å². The van der Waals surface area contributed by atoms with Crippen LogP contribution in [0.2, 0.25) is 0 Å². The van der Waals surface area contributed by atoms with E-state index >= 15 is 0 Å². The van der Waals surface area contributed by atoms with E-state index in [0.717, 1.165) is 24.8 Å². The quantitative estimate of drug-likeness (QED) is 0.417. The molecule has 0 radical (unpaired) electrons. The topological polar surface area (TPSA) is 122 Å². The van der Waals surface area contributed by atoms with Crippen molar-refractivity contribution in [1.82, 2.24) is 10.6 Å². The molecule has 2 unspecified atom stereocenters. The minimum absolute atomic E-state index is 0.0121. The third-order valence-electron chi connectivity index (χ3n) is 6.85. The van der Waals surface area contributed by atoms with Crippen LogP contribution >= 0.6 is 0 Å². The Morgan fingerprint density at radius 2 is 1.92 bits per heavy atom. The van der Waals surface area contributed by atoms with Gasteiger partial charge in [0.2, 0.25) is 5.91 Å². The smallest absolute Gasteiger partial charge is 0.322 e. The summed E-state index contributed by atoms with van der Waals surface area (Å²) in [5.74, 6) is -1.07. The lowest BCUT2D eigenvalue weighted by Gasteiger charge is -2.36. The van der Waals surface area contributed by atoms with Crippen LogP contribution in [0.3, 0.4) is 0 Å². The number of unbranched alkanes of at least 4 members (excludes halogenated alkanes) is 1. The number of aryl methyl sites for hydroxylation is 1. The molecule has 0 bridgehead atoms. The number of hydrogen-bond donors (Lipinski definition) is 3. The fourth-order valence-electron chi connectivity index (χ4n) is 4.82. The lowest BCUT2D eigenvalue weighted by atomic mass is 9.87. The first-order chi connectivity index (χ1) is 17.1. The van der Waals surface area contributed by atoms with Crippen molar-refractivity contribution in [3.8, 4) is 5.75 Å². The summed E-state index contributed by atoms with van der Waals surface area (Å²) >= 11 is 0. The van der Waals surface area contributed by atoms with Crippen LogP contribution in [0, 0.1) is 0 Å². The zero-order valence-corrected chi connectivity index (χ0v) is 22.0. The standard InChI is InChI=1S/C27H36N2O6S/c1-4-6-14-27(5-2)18-36(33,34)23-15-20(12-13-24(30)28-17-25(31)32)22(35-3)16-21(23)26(29-27)19-10-8-7-9-11-19/h7-11,15-16,26,29H,4-6,12-14,17-18H2,1-3H3,(H,28,30)(H,31,32). The predicted molar refractivity (Wildman–Crippen MR) is 138 cm³/mol.